The van der Waals surface area contributed by atoms with Crippen molar-refractivity contribution < 1.29 is 9.84 Å². The number of halogens is 1. The average Bonchev–Trinajstić information content (AvgIpc) is 3.07. The predicted octanol–water partition coefficient (Wildman–Crippen LogP) is 4.73. The van der Waals surface area contributed by atoms with Crippen molar-refractivity contribution in [2.24, 2.45) is 5.10 Å². The van der Waals surface area contributed by atoms with E-state index in [2.05, 4.69) is 31.4 Å². The minimum absolute atomic E-state index is 0.168. The Bertz CT molecular complexity index is 863. The predicted molar refractivity (Wildman–Crippen MR) is 101 cm³/mol. The molecule has 0 spiro atoms. The summed E-state index contributed by atoms with van der Waals surface area (Å²) in [6.07, 6.45) is 3.34. The summed E-state index contributed by atoms with van der Waals surface area (Å²) in [5.74, 6) is 0.988. The fourth-order valence-corrected chi connectivity index (χ4v) is 3.15. The van der Waals surface area contributed by atoms with Crippen molar-refractivity contribution in [2.45, 2.75) is 0 Å². The molecule has 0 saturated heterocycles. The lowest BCUT2D eigenvalue weighted by Gasteiger charge is -2.00. The number of thiazole rings is 1. The van der Waals surface area contributed by atoms with Crippen LogP contribution < -0.4 is 10.2 Å². The molecule has 0 amide bonds. The SMILES string of the molecule is COc1ccc(-c2cnc(NN=Cc3cc(Br)ccc3O)s2)cc1. The number of hydrazone groups is 1. The topological polar surface area (TPSA) is 66.7 Å². The molecule has 0 unspecified atom stereocenters. The van der Waals surface area contributed by atoms with E-state index in [9.17, 15) is 5.11 Å². The minimum atomic E-state index is 0.168. The second-order valence-electron chi connectivity index (χ2n) is 4.83. The highest BCUT2D eigenvalue weighted by Gasteiger charge is 2.04. The molecule has 0 atom stereocenters. The van der Waals surface area contributed by atoms with Crippen LogP contribution in [0.4, 0.5) is 5.13 Å². The van der Waals surface area contributed by atoms with E-state index in [-0.39, 0.29) is 5.75 Å². The van der Waals surface area contributed by atoms with Gasteiger partial charge in [0.15, 0.2) is 0 Å². The van der Waals surface area contributed by atoms with Gasteiger partial charge in [-0.1, -0.05) is 27.3 Å². The smallest absolute Gasteiger partial charge is 0.203 e. The first-order valence-electron chi connectivity index (χ1n) is 7.03. The summed E-state index contributed by atoms with van der Waals surface area (Å²) in [4.78, 5) is 5.33. The van der Waals surface area contributed by atoms with E-state index in [0.29, 0.717) is 10.7 Å². The lowest BCUT2D eigenvalue weighted by Crippen LogP contribution is -1.90. The minimum Gasteiger partial charge on any atom is -0.507 e. The Kier molecular flexibility index (Phi) is 5.12. The maximum absolute atomic E-state index is 9.76. The third-order valence-electron chi connectivity index (χ3n) is 3.23. The van der Waals surface area contributed by atoms with Crippen LogP contribution in [0.5, 0.6) is 11.5 Å². The van der Waals surface area contributed by atoms with E-state index >= 15 is 0 Å². The van der Waals surface area contributed by atoms with Crippen LogP contribution in [-0.2, 0) is 0 Å². The summed E-state index contributed by atoms with van der Waals surface area (Å²) in [5, 5.41) is 14.6. The van der Waals surface area contributed by atoms with Crippen LogP contribution in [0.25, 0.3) is 10.4 Å². The van der Waals surface area contributed by atoms with Crippen LogP contribution >= 0.6 is 27.3 Å². The molecular formula is C17H14BrN3O2S. The number of nitrogens with zero attached hydrogens (tertiary/aromatic N) is 2. The first-order chi connectivity index (χ1) is 11.7. The van der Waals surface area contributed by atoms with E-state index in [1.54, 1.807) is 37.7 Å². The van der Waals surface area contributed by atoms with Crippen molar-refractivity contribution in [3.8, 4) is 21.9 Å². The highest BCUT2D eigenvalue weighted by molar-refractivity contribution is 9.10. The third kappa shape index (κ3) is 3.93. The Hall–Kier alpha value is -2.38. The molecule has 0 aliphatic heterocycles. The zero-order chi connectivity index (χ0) is 16.9. The molecular weight excluding hydrogens is 390 g/mol. The number of aromatic hydroxyl groups is 1. The van der Waals surface area contributed by atoms with Gasteiger partial charge in [0.2, 0.25) is 5.13 Å². The molecule has 1 aromatic heterocycles. The Morgan fingerprint density at radius 2 is 2.04 bits per heavy atom. The van der Waals surface area contributed by atoms with E-state index in [1.807, 2.05) is 24.3 Å². The molecule has 1 heterocycles. The van der Waals surface area contributed by atoms with Crippen LogP contribution in [-0.4, -0.2) is 23.4 Å². The standard InChI is InChI=1S/C17H14BrN3O2S/c1-23-14-5-2-11(3-6-14)16-10-19-17(24-16)21-20-9-12-8-13(18)4-7-15(12)22/h2-10,22H,1H3,(H,19,21). The molecule has 2 N–H and O–H groups in total. The quantitative estimate of drug-likeness (QED) is 0.477. The largest absolute Gasteiger partial charge is 0.507 e. The zero-order valence-electron chi connectivity index (χ0n) is 12.7. The number of rotatable bonds is 5. The molecule has 0 bridgehead atoms. The van der Waals surface area contributed by atoms with E-state index in [4.69, 9.17) is 4.74 Å². The number of phenols is 1. The van der Waals surface area contributed by atoms with Gasteiger partial charge in [-0.15, -0.1) is 0 Å². The molecule has 3 rings (SSSR count). The number of hydrogen-bond acceptors (Lipinski definition) is 6. The van der Waals surface area contributed by atoms with Gasteiger partial charge < -0.3 is 9.84 Å². The van der Waals surface area contributed by atoms with Gasteiger partial charge in [0.25, 0.3) is 0 Å². The highest BCUT2D eigenvalue weighted by atomic mass is 79.9. The second kappa shape index (κ2) is 7.46. The Balaban J connectivity index is 1.69. The van der Waals surface area contributed by atoms with Crippen LogP contribution in [0.3, 0.4) is 0 Å². The van der Waals surface area contributed by atoms with Gasteiger partial charge >= 0.3 is 0 Å². The Morgan fingerprint density at radius 1 is 1.25 bits per heavy atom. The van der Waals surface area contributed by atoms with Gasteiger partial charge in [0.1, 0.15) is 11.5 Å². The first kappa shape index (κ1) is 16.5. The Labute approximate surface area is 151 Å². The zero-order valence-corrected chi connectivity index (χ0v) is 15.1. The van der Waals surface area contributed by atoms with Crippen molar-refractivity contribution in [3.05, 3.63) is 58.7 Å². The fourth-order valence-electron chi connectivity index (χ4n) is 2.00. The van der Waals surface area contributed by atoms with Crippen molar-refractivity contribution in [2.75, 3.05) is 12.5 Å². The molecule has 0 fully saturated rings. The van der Waals surface area contributed by atoms with Gasteiger partial charge in [-0.05, 0) is 48.0 Å². The van der Waals surface area contributed by atoms with Crippen molar-refractivity contribution >= 4 is 38.6 Å². The van der Waals surface area contributed by atoms with Gasteiger partial charge in [0, 0.05) is 16.2 Å². The lowest BCUT2D eigenvalue weighted by atomic mass is 10.2. The van der Waals surface area contributed by atoms with E-state index < -0.39 is 0 Å². The molecule has 7 heteroatoms. The molecule has 122 valence electrons. The Morgan fingerprint density at radius 3 is 2.79 bits per heavy atom. The van der Waals surface area contributed by atoms with Crippen molar-refractivity contribution in [1.82, 2.24) is 4.98 Å². The maximum atomic E-state index is 9.76. The van der Waals surface area contributed by atoms with Crippen LogP contribution in [0.1, 0.15) is 5.56 Å². The average molecular weight is 404 g/mol. The molecule has 0 aliphatic carbocycles. The summed E-state index contributed by atoms with van der Waals surface area (Å²) in [5.41, 5.74) is 4.56. The molecule has 5 nitrogen and oxygen atoms in total. The number of hydrogen-bond donors (Lipinski definition) is 2. The second-order valence-corrected chi connectivity index (χ2v) is 6.78. The number of phenolic OH excluding ortho intramolecular Hbond substituents is 1. The summed E-state index contributed by atoms with van der Waals surface area (Å²) in [6.45, 7) is 0. The molecule has 2 aromatic carbocycles. The fraction of sp³-hybridized carbons (Fsp3) is 0.0588. The third-order valence-corrected chi connectivity index (χ3v) is 4.68. The van der Waals surface area contributed by atoms with Gasteiger partial charge in [-0.3, -0.25) is 5.43 Å². The number of ether oxygens (including phenoxy) is 1. The van der Waals surface area contributed by atoms with Gasteiger partial charge in [-0.2, -0.15) is 5.10 Å². The molecule has 0 saturated carbocycles. The molecule has 24 heavy (non-hydrogen) atoms. The first-order valence-corrected chi connectivity index (χ1v) is 8.64. The summed E-state index contributed by atoms with van der Waals surface area (Å²) in [7, 11) is 1.64. The number of nitrogens with one attached hydrogen (secondary N) is 1. The molecule has 0 aliphatic rings. The van der Waals surface area contributed by atoms with Crippen molar-refractivity contribution in [3.63, 3.8) is 0 Å². The summed E-state index contributed by atoms with van der Waals surface area (Å²) < 4.78 is 6.03. The molecule has 0 radical (unpaired) electrons. The maximum Gasteiger partial charge on any atom is 0.203 e. The van der Waals surface area contributed by atoms with Crippen molar-refractivity contribution in [1.29, 1.82) is 0 Å². The normalized spacial score (nSPS) is 10.9. The van der Waals surface area contributed by atoms with E-state index in [1.165, 1.54) is 11.3 Å². The number of aromatic nitrogens is 1. The summed E-state index contributed by atoms with van der Waals surface area (Å²) >= 11 is 4.85. The van der Waals surface area contributed by atoms with Gasteiger partial charge in [0.05, 0.1) is 18.2 Å². The number of anilines is 1. The number of benzene rings is 2. The van der Waals surface area contributed by atoms with E-state index in [0.717, 1.165) is 20.7 Å². The van der Waals surface area contributed by atoms with Crippen LogP contribution in [0.15, 0.2) is 58.2 Å². The highest BCUT2D eigenvalue weighted by Crippen LogP contribution is 2.30. The van der Waals surface area contributed by atoms with Crippen LogP contribution in [0.2, 0.25) is 0 Å². The monoisotopic (exact) mass is 403 g/mol. The van der Waals surface area contributed by atoms with Crippen LogP contribution in [0, 0.1) is 0 Å². The molecule has 3 aromatic rings. The van der Waals surface area contributed by atoms with Gasteiger partial charge in [-0.25, -0.2) is 4.98 Å². The summed E-state index contributed by atoms with van der Waals surface area (Å²) in [6, 6.07) is 13.0. The lowest BCUT2D eigenvalue weighted by molar-refractivity contribution is 0.415. The number of methoxy groups -OCH3 is 1.